The summed E-state index contributed by atoms with van der Waals surface area (Å²) >= 11 is 0. The number of rotatable bonds is 3. The first-order valence-corrected chi connectivity index (χ1v) is 4.76. The molecule has 2 N–H and O–H groups in total. The minimum absolute atomic E-state index is 0.515. The molecule has 0 fully saturated rings. The van der Waals surface area contributed by atoms with Gasteiger partial charge in [-0.05, 0) is 36.8 Å². The average Bonchev–Trinajstić information content (AvgIpc) is 2.69. The van der Waals surface area contributed by atoms with Crippen LogP contribution >= 0.6 is 0 Å². The molecular weight excluding hydrogens is 190 g/mol. The van der Waals surface area contributed by atoms with Crippen molar-refractivity contribution in [1.29, 1.82) is 0 Å². The number of aryl methyl sites for hydroxylation is 1. The molecule has 2 aromatic rings. The maximum atomic E-state index is 5.65. The molecule has 3 nitrogen and oxygen atoms in total. The molecule has 0 amide bonds. The minimum Gasteiger partial charge on any atom is -0.489 e. The SMILES string of the molecule is Cc1cc(N)ccc1OCc1ccoc1. The van der Waals surface area contributed by atoms with Crippen LogP contribution in [0, 0.1) is 6.92 Å². The van der Waals surface area contributed by atoms with Crippen molar-refractivity contribution in [3.63, 3.8) is 0 Å². The van der Waals surface area contributed by atoms with E-state index in [0.717, 1.165) is 22.6 Å². The van der Waals surface area contributed by atoms with E-state index in [2.05, 4.69) is 0 Å². The molecule has 1 aromatic carbocycles. The van der Waals surface area contributed by atoms with Gasteiger partial charge in [-0.1, -0.05) is 0 Å². The predicted molar refractivity (Wildman–Crippen MR) is 58.6 cm³/mol. The second kappa shape index (κ2) is 4.09. The topological polar surface area (TPSA) is 48.4 Å². The van der Waals surface area contributed by atoms with Gasteiger partial charge in [0.1, 0.15) is 12.4 Å². The van der Waals surface area contributed by atoms with Crippen molar-refractivity contribution in [2.45, 2.75) is 13.5 Å². The first-order chi connectivity index (χ1) is 7.25. The Balaban J connectivity index is 2.05. The smallest absolute Gasteiger partial charge is 0.122 e. The Bertz CT molecular complexity index is 435. The van der Waals surface area contributed by atoms with E-state index in [1.165, 1.54) is 0 Å². The number of nitrogen functional groups attached to an aromatic ring is 1. The molecule has 0 unspecified atom stereocenters. The number of benzene rings is 1. The van der Waals surface area contributed by atoms with E-state index >= 15 is 0 Å². The van der Waals surface area contributed by atoms with Gasteiger partial charge >= 0.3 is 0 Å². The van der Waals surface area contributed by atoms with E-state index in [-0.39, 0.29) is 0 Å². The molecule has 0 bridgehead atoms. The lowest BCUT2D eigenvalue weighted by atomic mass is 10.2. The summed E-state index contributed by atoms with van der Waals surface area (Å²) in [5, 5.41) is 0. The first-order valence-electron chi connectivity index (χ1n) is 4.76. The molecule has 0 saturated heterocycles. The minimum atomic E-state index is 0.515. The second-order valence-electron chi connectivity index (χ2n) is 3.45. The molecule has 0 aliphatic carbocycles. The van der Waals surface area contributed by atoms with Gasteiger partial charge in [0.25, 0.3) is 0 Å². The molecule has 1 aromatic heterocycles. The van der Waals surface area contributed by atoms with E-state index in [1.54, 1.807) is 12.5 Å². The van der Waals surface area contributed by atoms with Gasteiger partial charge in [-0.25, -0.2) is 0 Å². The van der Waals surface area contributed by atoms with Gasteiger partial charge < -0.3 is 14.9 Å². The highest BCUT2D eigenvalue weighted by Gasteiger charge is 2.00. The molecule has 78 valence electrons. The van der Waals surface area contributed by atoms with Crippen LogP contribution in [-0.2, 0) is 6.61 Å². The Morgan fingerprint density at radius 2 is 2.20 bits per heavy atom. The van der Waals surface area contributed by atoms with Crippen molar-refractivity contribution in [3.05, 3.63) is 47.9 Å². The highest BCUT2D eigenvalue weighted by Crippen LogP contribution is 2.21. The van der Waals surface area contributed by atoms with Crippen molar-refractivity contribution < 1.29 is 9.15 Å². The van der Waals surface area contributed by atoms with Crippen LogP contribution in [-0.4, -0.2) is 0 Å². The lowest BCUT2D eigenvalue weighted by Gasteiger charge is -2.08. The second-order valence-corrected chi connectivity index (χ2v) is 3.45. The molecule has 3 heteroatoms. The Hall–Kier alpha value is -1.90. The summed E-state index contributed by atoms with van der Waals surface area (Å²) in [6.07, 6.45) is 3.31. The standard InChI is InChI=1S/C12H13NO2/c1-9-6-11(13)2-3-12(9)15-8-10-4-5-14-7-10/h2-7H,8,13H2,1H3. The number of nitrogens with two attached hydrogens (primary N) is 1. The van der Waals surface area contributed by atoms with Crippen molar-refractivity contribution in [1.82, 2.24) is 0 Å². The zero-order chi connectivity index (χ0) is 10.7. The first kappa shape index (κ1) is 9.65. The van der Waals surface area contributed by atoms with Crippen LogP contribution in [0.25, 0.3) is 0 Å². The molecule has 0 aliphatic heterocycles. The summed E-state index contributed by atoms with van der Waals surface area (Å²) < 4.78 is 10.6. The van der Waals surface area contributed by atoms with Gasteiger partial charge in [-0.3, -0.25) is 0 Å². The van der Waals surface area contributed by atoms with Crippen molar-refractivity contribution in [2.24, 2.45) is 0 Å². The fourth-order valence-corrected chi connectivity index (χ4v) is 1.37. The molecule has 0 aliphatic rings. The van der Waals surface area contributed by atoms with Crippen LogP contribution in [0.2, 0.25) is 0 Å². The lowest BCUT2D eigenvalue weighted by molar-refractivity contribution is 0.303. The highest BCUT2D eigenvalue weighted by atomic mass is 16.5. The summed E-state index contributed by atoms with van der Waals surface area (Å²) in [4.78, 5) is 0. The lowest BCUT2D eigenvalue weighted by Crippen LogP contribution is -1.96. The molecule has 2 rings (SSSR count). The fraction of sp³-hybridized carbons (Fsp3) is 0.167. The predicted octanol–water partition coefficient (Wildman–Crippen LogP) is 2.75. The fourth-order valence-electron chi connectivity index (χ4n) is 1.37. The van der Waals surface area contributed by atoms with Gasteiger partial charge in [-0.2, -0.15) is 0 Å². The summed E-state index contributed by atoms with van der Waals surface area (Å²) in [5.41, 5.74) is 8.46. The molecular formula is C12H13NO2. The monoisotopic (exact) mass is 203 g/mol. The Morgan fingerprint density at radius 1 is 1.33 bits per heavy atom. The van der Waals surface area contributed by atoms with E-state index < -0.39 is 0 Å². The third-order valence-corrected chi connectivity index (χ3v) is 2.17. The van der Waals surface area contributed by atoms with Gasteiger partial charge in [0, 0.05) is 11.3 Å². The molecule has 0 atom stereocenters. The van der Waals surface area contributed by atoms with Gasteiger partial charge in [-0.15, -0.1) is 0 Å². The van der Waals surface area contributed by atoms with Crippen LogP contribution in [0.3, 0.4) is 0 Å². The maximum Gasteiger partial charge on any atom is 0.122 e. The van der Waals surface area contributed by atoms with E-state index in [0.29, 0.717) is 6.61 Å². The number of furan rings is 1. The number of ether oxygens (including phenoxy) is 1. The number of hydrogen-bond acceptors (Lipinski definition) is 3. The summed E-state index contributed by atoms with van der Waals surface area (Å²) in [6.45, 7) is 2.49. The van der Waals surface area contributed by atoms with E-state index in [1.807, 2.05) is 31.2 Å². The quantitative estimate of drug-likeness (QED) is 0.780. The van der Waals surface area contributed by atoms with E-state index in [4.69, 9.17) is 14.9 Å². The van der Waals surface area contributed by atoms with Crippen LogP contribution in [0.4, 0.5) is 5.69 Å². The van der Waals surface area contributed by atoms with Crippen LogP contribution < -0.4 is 10.5 Å². The largest absolute Gasteiger partial charge is 0.489 e. The highest BCUT2D eigenvalue weighted by molar-refractivity contribution is 5.47. The summed E-state index contributed by atoms with van der Waals surface area (Å²) in [6, 6.07) is 7.49. The van der Waals surface area contributed by atoms with Crippen molar-refractivity contribution >= 4 is 5.69 Å². The van der Waals surface area contributed by atoms with Gasteiger partial charge in [0.15, 0.2) is 0 Å². The molecule has 0 spiro atoms. The number of hydrogen-bond donors (Lipinski definition) is 1. The average molecular weight is 203 g/mol. The van der Waals surface area contributed by atoms with Crippen LogP contribution in [0.5, 0.6) is 5.75 Å². The molecule has 1 heterocycles. The zero-order valence-electron chi connectivity index (χ0n) is 8.57. The normalized spacial score (nSPS) is 10.2. The van der Waals surface area contributed by atoms with Crippen LogP contribution in [0.1, 0.15) is 11.1 Å². The molecule has 15 heavy (non-hydrogen) atoms. The van der Waals surface area contributed by atoms with E-state index in [9.17, 15) is 0 Å². The van der Waals surface area contributed by atoms with Gasteiger partial charge in [0.05, 0.1) is 12.5 Å². The van der Waals surface area contributed by atoms with Crippen LogP contribution in [0.15, 0.2) is 41.2 Å². The number of anilines is 1. The Morgan fingerprint density at radius 3 is 2.87 bits per heavy atom. The Labute approximate surface area is 88.5 Å². The summed E-state index contributed by atoms with van der Waals surface area (Å²) in [7, 11) is 0. The summed E-state index contributed by atoms with van der Waals surface area (Å²) in [5.74, 6) is 0.852. The Kier molecular flexibility index (Phi) is 2.63. The zero-order valence-corrected chi connectivity index (χ0v) is 8.57. The third-order valence-electron chi connectivity index (χ3n) is 2.17. The third kappa shape index (κ3) is 2.31. The van der Waals surface area contributed by atoms with Crippen molar-refractivity contribution in [2.75, 3.05) is 5.73 Å². The molecule has 0 radical (unpaired) electrons. The molecule has 0 saturated carbocycles. The van der Waals surface area contributed by atoms with Crippen molar-refractivity contribution in [3.8, 4) is 5.75 Å². The van der Waals surface area contributed by atoms with Gasteiger partial charge in [0.2, 0.25) is 0 Å². The maximum absolute atomic E-state index is 5.65.